The Balaban J connectivity index is 1.90. The molecule has 2 N–H and O–H groups in total. The first kappa shape index (κ1) is 25.5. The molecule has 9 nitrogen and oxygen atoms in total. The summed E-state index contributed by atoms with van der Waals surface area (Å²) in [6.45, 7) is 3.23. The molecule has 2 aliphatic heterocycles. The van der Waals surface area contributed by atoms with Gasteiger partial charge in [-0.25, -0.2) is 0 Å². The predicted molar refractivity (Wildman–Crippen MR) is 105 cm³/mol. The van der Waals surface area contributed by atoms with Gasteiger partial charge in [0.2, 0.25) is 11.8 Å². The first-order chi connectivity index (χ1) is 14.9. The summed E-state index contributed by atoms with van der Waals surface area (Å²) in [5, 5.41) is 2.88. The van der Waals surface area contributed by atoms with Crippen LogP contribution in [0.5, 0.6) is 0 Å². The molecular formula is C20H27F3N4O5. The first-order valence-electron chi connectivity index (χ1n) is 10.4. The highest BCUT2D eigenvalue weighted by molar-refractivity contribution is 6.12. The van der Waals surface area contributed by atoms with Crippen LogP contribution in [0.1, 0.15) is 52.4 Å². The van der Waals surface area contributed by atoms with Crippen molar-refractivity contribution in [2.24, 2.45) is 5.92 Å². The number of alkyl halides is 3. The van der Waals surface area contributed by atoms with E-state index < -0.39 is 53.7 Å². The molecule has 0 aromatic rings. The quantitative estimate of drug-likeness (QED) is 0.354. The Kier molecular flexibility index (Phi) is 8.53. The van der Waals surface area contributed by atoms with Crippen LogP contribution in [-0.2, 0) is 24.0 Å². The molecule has 5 amide bonds. The van der Waals surface area contributed by atoms with Gasteiger partial charge in [0.25, 0.3) is 17.7 Å². The smallest absolute Gasteiger partial charge is 0.295 e. The van der Waals surface area contributed by atoms with Crippen LogP contribution in [-0.4, -0.2) is 64.2 Å². The van der Waals surface area contributed by atoms with E-state index in [2.05, 4.69) is 10.7 Å². The first-order valence-corrected chi connectivity index (χ1v) is 10.4. The number of carbonyl (C=O) groups excluding carboxylic acids is 5. The van der Waals surface area contributed by atoms with Gasteiger partial charge in [-0.3, -0.25) is 39.6 Å². The average Bonchev–Trinajstić information content (AvgIpc) is 3.18. The Morgan fingerprint density at radius 3 is 2.06 bits per heavy atom. The molecule has 178 valence electrons. The van der Waals surface area contributed by atoms with Gasteiger partial charge in [0, 0.05) is 31.5 Å². The third kappa shape index (κ3) is 6.62. The van der Waals surface area contributed by atoms with Crippen molar-refractivity contribution in [3.63, 3.8) is 0 Å². The zero-order chi connectivity index (χ0) is 24.1. The summed E-state index contributed by atoms with van der Waals surface area (Å²) < 4.78 is 40.7. The van der Waals surface area contributed by atoms with Gasteiger partial charge in [-0.05, 0) is 18.8 Å². The molecule has 0 aliphatic carbocycles. The van der Waals surface area contributed by atoms with Crippen LogP contribution in [0.15, 0.2) is 12.2 Å². The summed E-state index contributed by atoms with van der Waals surface area (Å²) in [6.07, 6.45) is -1.92. The van der Waals surface area contributed by atoms with E-state index in [9.17, 15) is 37.1 Å². The Labute approximate surface area is 183 Å². The van der Waals surface area contributed by atoms with E-state index in [0.717, 1.165) is 17.1 Å². The van der Waals surface area contributed by atoms with E-state index in [1.54, 1.807) is 13.8 Å². The summed E-state index contributed by atoms with van der Waals surface area (Å²) >= 11 is 0. The number of unbranched alkanes of at least 4 members (excludes halogenated alkanes) is 2. The second-order valence-electron chi connectivity index (χ2n) is 8.09. The van der Waals surface area contributed by atoms with E-state index in [4.69, 9.17) is 0 Å². The summed E-state index contributed by atoms with van der Waals surface area (Å²) in [5.74, 6) is -3.54. The molecule has 1 saturated heterocycles. The molecular weight excluding hydrogens is 433 g/mol. The maximum absolute atomic E-state index is 13.6. The van der Waals surface area contributed by atoms with Crippen LogP contribution in [0, 0.1) is 5.92 Å². The lowest BCUT2D eigenvalue weighted by molar-refractivity contribution is -0.163. The van der Waals surface area contributed by atoms with Gasteiger partial charge in [0.1, 0.15) is 6.04 Å². The summed E-state index contributed by atoms with van der Waals surface area (Å²) in [4.78, 5) is 59.8. The minimum Gasteiger partial charge on any atom is -0.295 e. The second-order valence-corrected chi connectivity index (χ2v) is 8.09. The molecule has 0 aromatic carbocycles. The van der Waals surface area contributed by atoms with E-state index >= 15 is 0 Å². The maximum atomic E-state index is 13.6. The zero-order valence-electron chi connectivity index (χ0n) is 17.9. The third-order valence-corrected chi connectivity index (χ3v) is 5.27. The van der Waals surface area contributed by atoms with Crippen molar-refractivity contribution in [3.8, 4) is 0 Å². The van der Waals surface area contributed by atoms with Crippen molar-refractivity contribution in [1.29, 1.82) is 0 Å². The monoisotopic (exact) mass is 460 g/mol. The van der Waals surface area contributed by atoms with Gasteiger partial charge in [0.15, 0.2) is 0 Å². The second kappa shape index (κ2) is 10.7. The van der Waals surface area contributed by atoms with Crippen LogP contribution < -0.4 is 10.7 Å². The summed E-state index contributed by atoms with van der Waals surface area (Å²) in [6, 6.07) is -3.27. The van der Waals surface area contributed by atoms with Crippen molar-refractivity contribution < 1.29 is 37.1 Å². The molecule has 2 heterocycles. The SMILES string of the molecule is CC(C)[C@H](NC(CCCCCN1C(=O)C=CC1=O)C(F)(F)F)C(=O)NN1C(=O)CCC1=O. The fourth-order valence-electron chi connectivity index (χ4n) is 3.46. The van der Waals surface area contributed by atoms with Gasteiger partial charge in [-0.2, -0.15) is 18.2 Å². The number of hydrogen-bond acceptors (Lipinski definition) is 6. The highest BCUT2D eigenvalue weighted by Gasteiger charge is 2.42. The zero-order valence-corrected chi connectivity index (χ0v) is 17.9. The van der Waals surface area contributed by atoms with Crippen LogP contribution in [0.4, 0.5) is 13.2 Å². The topological polar surface area (TPSA) is 116 Å². The lowest BCUT2D eigenvalue weighted by atomic mass is 10.00. The molecule has 1 fully saturated rings. The molecule has 32 heavy (non-hydrogen) atoms. The van der Waals surface area contributed by atoms with Crippen molar-refractivity contribution in [1.82, 2.24) is 20.7 Å². The minimum atomic E-state index is -4.63. The summed E-state index contributed by atoms with van der Waals surface area (Å²) in [5.41, 5.74) is 2.12. The van der Waals surface area contributed by atoms with Gasteiger partial charge in [-0.15, -0.1) is 0 Å². The molecule has 1 unspecified atom stereocenters. The maximum Gasteiger partial charge on any atom is 0.403 e. The van der Waals surface area contributed by atoms with E-state index in [1.807, 2.05) is 0 Å². The fraction of sp³-hybridized carbons (Fsp3) is 0.650. The number of hydrogen-bond donors (Lipinski definition) is 2. The molecule has 2 aliphatic rings. The van der Waals surface area contributed by atoms with Crippen molar-refractivity contribution in [2.75, 3.05) is 6.54 Å². The lowest BCUT2D eigenvalue weighted by Crippen LogP contribution is -2.58. The number of amides is 5. The fourth-order valence-corrected chi connectivity index (χ4v) is 3.46. The summed E-state index contributed by atoms with van der Waals surface area (Å²) in [7, 11) is 0. The average molecular weight is 460 g/mol. The molecule has 0 radical (unpaired) electrons. The third-order valence-electron chi connectivity index (χ3n) is 5.27. The van der Waals surface area contributed by atoms with Crippen LogP contribution in [0.25, 0.3) is 0 Å². The van der Waals surface area contributed by atoms with Crippen molar-refractivity contribution in [2.45, 2.75) is 70.6 Å². The van der Waals surface area contributed by atoms with Crippen molar-refractivity contribution >= 4 is 29.5 Å². The molecule has 2 rings (SSSR count). The number of carbonyl (C=O) groups is 5. The normalized spacial score (nSPS) is 18.8. The Morgan fingerprint density at radius 1 is 1.00 bits per heavy atom. The minimum absolute atomic E-state index is 0.0608. The van der Waals surface area contributed by atoms with Crippen LogP contribution in [0.2, 0.25) is 0 Å². The largest absolute Gasteiger partial charge is 0.403 e. The van der Waals surface area contributed by atoms with E-state index in [-0.39, 0.29) is 32.2 Å². The van der Waals surface area contributed by atoms with Gasteiger partial charge >= 0.3 is 6.18 Å². The number of halogens is 3. The predicted octanol–water partition coefficient (Wildman–Crippen LogP) is 1.20. The lowest BCUT2D eigenvalue weighted by Gasteiger charge is -2.30. The highest BCUT2D eigenvalue weighted by Crippen LogP contribution is 2.26. The molecule has 0 spiro atoms. The van der Waals surface area contributed by atoms with Gasteiger partial charge < -0.3 is 0 Å². The number of rotatable bonds is 11. The van der Waals surface area contributed by atoms with Crippen LogP contribution in [0.3, 0.4) is 0 Å². The Bertz CT molecular complexity index is 763. The van der Waals surface area contributed by atoms with Crippen LogP contribution >= 0.6 is 0 Å². The number of nitrogens with zero attached hydrogens (tertiary/aromatic N) is 2. The standard InChI is InChI=1S/C20H27F3N4O5/c1-12(2)18(19(32)25-27-16(30)9-10-17(27)31)24-13(20(21,22)23)6-4-3-5-11-26-14(28)7-8-15(26)29/h7-8,12-13,18,24H,3-6,9-11H2,1-2H3,(H,25,32)/t13?,18-/m0/s1. The molecule has 0 bridgehead atoms. The van der Waals surface area contributed by atoms with Gasteiger partial charge in [-0.1, -0.05) is 26.7 Å². The number of nitrogens with one attached hydrogen (secondary N) is 2. The molecule has 0 aromatic heterocycles. The highest BCUT2D eigenvalue weighted by atomic mass is 19.4. The number of imide groups is 2. The number of hydrazine groups is 1. The Hall–Kier alpha value is -2.76. The van der Waals surface area contributed by atoms with E-state index in [1.165, 1.54) is 0 Å². The molecule has 0 saturated carbocycles. The van der Waals surface area contributed by atoms with E-state index in [0.29, 0.717) is 17.9 Å². The molecule has 12 heteroatoms. The van der Waals surface area contributed by atoms with Crippen molar-refractivity contribution in [3.05, 3.63) is 12.2 Å². The molecule has 2 atom stereocenters. The Morgan fingerprint density at radius 2 is 1.56 bits per heavy atom. The van der Waals surface area contributed by atoms with Gasteiger partial charge in [0.05, 0.1) is 6.04 Å².